The summed E-state index contributed by atoms with van der Waals surface area (Å²) >= 11 is 0. The van der Waals surface area contributed by atoms with E-state index in [4.69, 9.17) is 9.47 Å². The van der Waals surface area contributed by atoms with E-state index in [1.54, 1.807) is 4.90 Å². The van der Waals surface area contributed by atoms with Crippen molar-refractivity contribution in [3.8, 4) is 5.75 Å². The lowest BCUT2D eigenvalue weighted by Crippen LogP contribution is -2.55. The van der Waals surface area contributed by atoms with Crippen LogP contribution in [-0.2, 0) is 26.1 Å². The van der Waals surface area contributed by atoms with Crippen LogP contribution in [0.1, 0.15) is 18.4 Å². The molecular formula is C17H24N2O5S. The van der Waals surface area contributed by atoms with Crippen LogP contribution in [0.25, 0.3) is 0 Å². The highest BCUT2D eigenvalue weighted by Crippen LogP contribution is 2.36. The van der Waals surface area contributed by atoms with E-state index in [2.05, 4.69) is 0 Å². The molecule has 0 N–H and O–H groups in total. The first-order chi connectivity index (χ1) is 11.8. The number of hydrogen-bond acceptors (Lipinski definition) is 5. The molecule has 0 aromatic heterocycles. The summed E-state index contributed by atoms with van der Waals surface area (Å²) < 4.78 is 37.2. The lowest BCUT2D eigenvalue weighted by molar-refractivity contribution is -0.138. The summed E-state index contributed by atoms with van der Waals surface area (Å²) in [7, 11) is -1.85. The van der Waals surface area contributed by atoms with Gasteiger partial charge in [0.1, 0.15) is 18.0 Å². The van der Waals surface area contributed by atoms with Gasteiger partial charge in [0.2, 0.25) is 15.9 Å². The number of amides is 1. The molecule has 0 radical (unpaired) electrons. The standard InChI is InChI=1S/C17H24N2O5S/c1-23-12-16(20)18-9-7-17(8-10-18)13-19(25(2,21)22)11-14-5-3-4-6-15(14)24-17/h3-6H,7-13H2,1-2H3. The average molecular weight is 368 g/mol. The highest BCUT2D eigenvalue weighted by Gasteiger charge is 2.43. The van der Waals surface area contributed by atoms with Gasteiger partial charge in [-0.3, -0.25) is 4.79 Å². The maximum absolute atomic E-state index is 12.2. The highest BCUT2D eigenvalue weighted by atomic mass is 32.2. The first kappa shape index (κ1) is 18.2. The Bertz CT molecular complexity index is 741. The third-order valence-corrected chi connectivity index (χ3v) is 6.07. The minimum Gasteiger partial charge on any atom is -0.485 e. The molecule has 0 saturated carbocycles. The number of hydrogen-bond donors (Lipinski definition) is 0. The Morgan fingerprint density at radius 1 is 1.28 bits per heavy atom. The Labute approximate surface area is 148 Å². The normalized spacial score (nSPS) is 20.6. The number of carbonyl (C=O) groups is 1. The van der Waals surface area contributed by atoms with E-state index in [9.17, 15) is 13.2 Å². The maximum atomic E-state index is 12.2. The third-order valence-electron chi connectivity index (χ3n) is 4.87. The fourth-order valence-corrected chi connectivity index (χ4v) is 4.28. The quantitative estimate of drug-likeness (QED) is 0.791. The molecular weight excluding hydrogens is 344 g/mol. The first-order valence-electron chi connectivity index (χ1n) is 8.32. The number of ether oxygens (including phenoxy) is 2. The van der Waals surface area contributed by atoms with Crippen LogP contribution in [0.4, 0.5) is 0 Å². The molecule has 2 aliphatic rings. The van der Waals surface area contributed by atoms with Gasteiger partial charge in [-0.25, -0.2) is 8.42 Å². The van der Waals surface area contributed by atoms with Gasteiger partial charge in [0.05, 0.1) is 12.8 Å². The number of methoxy groups -OCH3 is 1. The molecule has 1 fully saturated rings. The molecule has 8 heteroatoms. The number of sulfonamides is 1. The third kappa shape index (κ3) is 3.96. The smallest absolute Gasteiger partial charge is 0.248 e. The van der Waals surface area contributed by atoms with Gasteiger partial charge in [0.15, 0.2) is 0 Å². The Kier molecular flexibility index (Phi) is 5.04. The topological polar surface area (TPSA) is 76.2 Å². The molecule has 0 bridgehead atoms. The van der Waals surface area contributed by atoms with Crippen molar-refractivity contribution >= 4 is 15.9 Å². The van der Waals surface area contributed by atoms with Gasteiger partial charge in [-0.15, -0.1) is 0 Å². The van der Waals surface area contributed by atoms with E-state index < -0.39 is 15.6 Å². The molecule has 1 spiro atoms. The zero-order valence-electron chi connectivity index (χ0n) is 14.6. The van der Waals surface area contributed by atoms with E-state index in [0.717, 1.165) is 11.3 Å². The summed E-state index contributed by atoms with van der Waals surface area (Å²) in [5.74, 6) is 0.677. The van der Waals surface area contributed by atoms with Crippen molar-refractivity contribution in [3.05, 3.63) is 29.8 Å². The average Bonchev–Trinajstić information content (AvgIpc) is 2.72. The van der Waals surface area contributed by atoms with E-state index >= 15 is 0 Å². The van der Waals surface area contributed by atoms with Gasteiger partial charge < -0.3 is 14.4 Å². The molecule has 2 heterocycles. The van der Waals surface area contributed by atoms with Crippen LogP contribution in [-0.4, -0.2) is 68.7 Å². The second-order valence-corrected chi connectivity index (χ2v) is 8.72. The maximum Gasteiger partial charge on any atom is 0.248 e. The fraction of sp³-hybridized carbons (Fsp3) is 0.588. The van der Waals surface area contributed by atoms with Gasteiger partial charge in [0.25, 0.3) is 0 Å². The van der Waals surface area contributed by atoms with E-state index in [-0.39, 0.29) is 12.5 Å². The van der Waals surface area contributed by atoms with Gasteiger partial charge in [-0.05, 0) is 6.07 Å². The van der Waals surface area contributed by atoms with Crippen molar-refractivity contribution in [2.24, 2.45) is 0 Å². The van der Waals surface area contributed by atoms with Crippen LogP contribution in [0.3, 0.4) is 0 Å². The summed E-state index contributed by atoms with van der Waals surface area (Å²) in [4.78, 5) is 13.8. The number of carbonyl (C=O) groups excluding carboxylic acids is 1. The van der Waals surface area contributed by atoms with E-state index in [1.165, 1.54) is 17.7 Å². The van der Waals surface area contributed by atoms with Crippen molar-refractivity contribution in [2.75, 3.05) is 39.6 Å². The van der Waals surface area contributed by atoms with Gasteiger partial charge in [0, 0.05) is 45.1 Å². The molecule has 2 aliphatic heterocycles. The summed E-state index contributed by atoms with van der Waals surface area (Å²) in [6.07, 6.45) is 2.40. The van der Waals surface area contributed by atoms with Crippen molar-refractivity contribution < 1.29 is 22.7 Å². The monoisotopic (exact) mass is 368 g/mol. The van der Waals surface area contributed by atoms with Crippen LogP contribution in [0.2, 0.25) is 0 Å². The molecule has 1 amide bonds. The Hall–Kier alpha value is -1.64. The van der Waals surface area contributed by atoms with Crippen LogP contribution < -0.4 is 4.74 Å². The van der Waals surface area contributed by atoms with Crippen LogP contribution in [0.5, 0.6) is 5.75 Å². The van der Waals surface area contributed by atoms with Gasteiger partial charge in [-0.1, -0.05) is 18.2 Å². The molecule has 1 aromatic rings. The van der Waals surface area contributed by atoms with Crippen LogP contribution >= 0.6 is 0 Å². The SMILES string of the molecule is COCC(=O)N1CCC2(CC1)CN(S(C)(=O)=O)Cc1ccccc1O2. The number of para-hydroxylation sites is 1. The summed E-state index contributed by atoms with van der Waals surface area (Å²) in [5, 5.41) is 0. The predicted molar refractivity (Wildman–Crippen MR) is 92.7 cm³/mol. The molecule has 0 atom stereocenters. The molecule has 25 heavy (non-hydrogen) atoms. The zero-order valence-corrected chi connectivity index (χ0v) is 15.4. The number of benzene rings is 1. The summed E-state index contributed by atoms with van der Waals surface area (Å²) in [5.41, 5.74) is 0.252. The molecule has 3 rings (SSSR count). The molecule has 1 aromatic carbocycles. The number of fused-ring (bicyclic) bond motifs is 1. The molecule has 1 saturated heterocycles. The number of rotatable bonds is 3. The van der Waals surface area contributed by atoms with E-state index in [0.29, 0.717) is 39.0 Å². The molecule has 138 valence electrons. The Balaban J connectivity index is 1.85. The Morgan fingerprint density at radius 2 is 1.96 bits per heavy atom. The Morgan fingerprint density at radius 3 is 2.60 bits per heavy atom. The molecule has 0 unspecified atom stereocenters. The minimum atomic E-state index is -3.35. The van der Waals surface area contributed by atoms with Crippen LogP contribution in [0, 0.1) is 0 Å². The lowest BCUT2D eigenvalue weighted by atomic mass is 9.91. The molecule has 7 nitrogen and oxygen atoms in total. The van der Waals surface area contributed by atoms with Crippen molar-refractivity contribution in [1.29, 1.82) is 0 Å². The summed E-state index contributed by atoms with van der Waals surface area (Å²) in [6, 6.07) is 7.54. The second-order valence-electron chi connectivity index (χ2n) is 6.74. The lowest BCUT2D eigenvalue weighted by Gasteiger charge is -2.42. The summed E-state index contributed by atoms with van der Waals surface area (Å²) in [6.45, 7) is 1.73. The number of likely N-dealkylation sites (tertiary alicyclic amines) is 1. The van der Waals surface area contributed by atoms with Gasteiger partial charge >= 0.3 is 0 Å². The predicted octanol–water partition coefficient (Wildman–Crippen LogP) is 0.848. The highest BCUT2D eigenvalue weighted by molar-refractivity contribution is 7.88. The minimum absolute atomic E-state index is 0.0497. The number of piperidine rings is 1. The first-order valence-corrected chi connectivity index (χ1v) is 10.2. The van der Waals surface area contributed by atoms with E-state index in [1.807, 2.05) is 24.3 Å². The van der Waals surface area contributed by atoms with Gasteiger partial charge in [-0.2, -0.15) is 4.31 Å². The second kappa shape index (κ2) is 6.93. The van der Waals surface area contributed by atoms with Crippen LogP contribution in [0.15, 0.2) is 24.3 Å². The van der Waals surface area contributed by atoms with Crippen molar-refractivity contribution in [2.45, 2.75) is 25.0 Å². The largest absolute Gasteiger partial charge is 0.485 e. The van der Waals surface area contributed by atoms with Crippen molar-refractivity contribution in [3.63, 3.8) is 0 Å². The van der Waals surface area contributed by atoms with Crippen molar-refractivity contribution in [1.82, 2.24) is 9.21 Å². The number of nitrogens with zero attached hydrogens (tertiary/aromatic N) is 2. The fourth-order valence-electron chi connectivity index (χ4n) is 3.44. The zero-order chi connectivity index (χ0) is 18.1. The molecule has 0 aliphatic carbocycles.